The van der Waals surface area contributed by atoms with Crippen LogP contribution in [0.15, 0.2) is 30.5 Å². The Hall–Kier alpha value is -2.37. The van der Waals surface area contributed by atoms with E-state index < -0.39 is 0 Å². The first-order valence-corrected chi connectivity index (χ1v) is 6.36. The minimum absolute atomic E-state index is 0.263. The lowest BCUT2D eigenvalue weighted by Crippen LogP contribution is -2.26. The molecule has 1 aromatic carbocycles. The highest BCUT2D eigenvalue weighted by Gasteiger charge is 2.15. The van der Waals surface area contributed by atoms with Gasteiger partial charge in [-0.25, -0.2) is 0 Å². The van der Waals surface area contributed by atoms with Crippen LogP contribution in [0.4, 0.5) is 0 Å². The van der Waals surface area contributed by atoms with Crippen LogP contribution in [0.5, 0.6) is 5.75 Å². The van der Waals surface area contributed by atoms with Crippen LogP contribution in [-0.4, -0.2) is 26.9 Å². The number of carbonyl (C=O) groups excluding carboxylic acids is 1. The summed E-state index contributed by atoms with van der Waals surface area (Å²) in [4.78, 5) is 11.8. The molecule has 0 saturated carbocycles. The fourth-order valence-electron chi connectivity index (χ4n) is 1.66. The fourth-order valence-corrected chi connectivity index (χ4v) is 1.66. The predicted molar refractivity (Wildman–Crippen MR) is 74.4 cm³/mol. The fraction of sp³-hybridized carbons (Fsp3) is 0.357. The summed E-state index contributed by atoms with van der Waals surface area (Å²) in [5, 5.41) is 12.5. The van der Waals surface area contributed by atoms with Crippen LogP contribution in [0.25, 0.3) is 0 Å². The number of carbonyl (C=O) groups is 1. The second-order valence-electron chi connectivity index (χ2n) is 5.36. The highest BCUT2D eigenvalue weighted by Crippen LogP contribution is 2.22. The van der Waals surface area contributed by atoms with Crippen molar-refractivity contribution in [1.82, 2.24) is 20.7 Å². The van der Waals surface area contributed by atoms with E-state index in [2.05, 4.69) is 20.7 Å². The molecule has 0 spiro atoms. The maximum atomic E-state index is 11.8. The molecular formula is C14H18N4O2. The van der Waals surface area contributed by atoms with Gasteiger partial charge < -0.3 is 10.1 Å². The van der Waals surface area contributed by atoms with Crippen LogP contribution in [-0.2, 0) is 6.54 Å². The molecule has 0 saturated heterocycles. The summed E-state index contributed by atoms with van der Waals surface area (Å²) in [6.45, 7) is 6.32. The summed E-state index contributed by atoms with van der Waals surface area (Å²) in [6, 6.07) is 7.63. The Morgan fingerprint density at radius 2 is 2.10 bits per heavy atom. The zero-order chi connectivity index (χ0) is 14.6. The molecule has 1 amide bonds. The SMILES string of the molecule is CC(C)(C)Oc1ccccc1CNC(=O)c1cn[nH]n1. The van der Waals surface area contributed by atoms with Gasteiger partial charge in [0, 0.05) is 12.1 Å². The van der Waals surface area contributed by atoms with Crippen molar-refractivity contribution in [3.8, 4) is 5.75 Å². The van der Waals surface area contributed by atoms with E-state index in [9.17, 15) is 4.79 Å². The first kappa shape index (κ1) is 14.0. The Balaban J connectivity index is 2.04. The lowest BCUT2D eigenvalue weighted by atomic mass is 10.1. The van der Waals surface area contributed by atoms with Gasteiger partial charge in [-0.2, -0.15) is 15.4 Å². The molecule has 1 aromatic heterocycles. The van der Waals surface area contributed by atoms with Gasteiger partial charge in [-0.05, 0) is 26.8 Å². The Labute approximate surface area is 117 Å². The average Bonchev–Trinajstić information content (AvgIpc) is 2.89. The van der Waals surface area contributed by atoms with Crippen LogP contribution >= 0.6 is 0 Å². The van der Waals surface area contributed by atoms with Gasteiger partial charge in [0.25, 0.3) is 5.91 Å². The Bertz CT molecular complexity index is 573. The van der Waals surface area contributed by atoms with Gasteiger partial charge in [0.1, 0.15) is 11.4 Å². The third-order valence-electron chi connectivity index (χ3n) is 2.48. The van der Waals surface area contributed by atoms with Crippen LogP contribution in [0.2, 0.25) is 0 Å². The van der Waals surface area contributed by atoms with E-state index in [4.69, 9.17) is 4.74 Å². The van der Waals surface area contributed by atoms with Crippen molar-refractivity contribution in [2.75, 3.05) is 0 Å². The van der Waals surface area contributed by atoms with E-state index >= 15 is 0 Å². The molecule has 106 valence electrons. The number of H-pyrrole nitrogens is 1. The average molecular weight is 274 g/mol. The lowest BCUT2D eigenvalue weighted by Gasteiger charge is -2.23. The van der Waals surface area contributed by atoms with Gasteiger partial charge in [-0.3, -0.25) is 4.79 Å². The van der Waals surface area contributed by atoms with Gasteiger partial charge in [-0.1, -0.05) is 18.2 Å². The molecular weight excluding hydrogens is 256 g/mol. The zero-order valence-electron chi connectivity index (χ0n) is 11.8. The van der Waals surface area contributed by atoms with Gasteiger partial charge >= 0.3 is 0 Å². The molecule has 0 fully saturated rings. The predicted octanol–water partition coefficient (Wildman–Crippen LogP) is 1.91. The van der Waals surface area contributed by atoms with Crippen LogP contribution in [0.1, 0.15) is 36.8 Å². The topological polar surface area (TPSA) is 79.9 Å². The molecule has 0 unspecified atom stereocenters. The lowest BCUT2D eigenvalue weighted by molar-refractivity contribution is 0.0944. The summed E-state index contributed by atoms with van der Waals surface area (Å²) in [7, 11) is 0. The number of hydrogen-bond donors (Lipinski definition) is 2. The summed E-state index contributed by atoms with van der Waals surface area (Å²) in [5.74, 6) is 0.491. The zero-order valence-corrected chi connectivity index (χ0v) is 11.8. The number of hydrogen-bond acceptors (Lipinski definition) is 4. The van der Waals surface area contributed by atoms with E-state index in [0.717, 1.165) is 11.3 Å². The Morgan fingerprint density at radius 3 is 2.75 bits per heavy atom. The number of rotatable bonds is 4. The number of para-hydroxylation sites is 1. The third-order valence-corrected chi connectivity index (χ3v) is 2.48. The van der Waals surface area contributed by atoms with E-state index in [1.807, 2.05) is 45.0 Å². The van der Waals surface area contributed by atoms with Crippen LogP contribution < -0.4 is 10.1 Å². The molecule has 6 nitrogen and oxygen atoms in total. The molecule has 0 radical (unpaired) electrons. The summed E-state index contributed by atoms with van der Waals surface area (Å²) >= 11 is 0. The standard InChI is InChI=1S/C14H18N4O2/c1-14(2,3)20-12-7-5-4-6-10(12)8-15-13(19)11-9-16-18-17-11/h4-7,9H,8H2,1-3H3,(H,15,19)(H,16,17,18). The van der Waals surface area contributed by atoms with Crippen molar-refractivity contribution >= 4 is 5.91 Å². The normalized spacial score (nSPS) is 11.2. The molecule has 0 bridgehead atoms. The van der Waals surface area contributed by atoms with Crippen molar-refractivity contribution in [1.29, 1.82) is 0 Å². The minimum atomic E-state index is -0.285. The van der Waals surface area contributed by atoms with Gasteiger partial charge in [-0.15, -0.1) is 0 Å². The van der Waals surface area contributed by atoms with Gasteiger partial charge in [0.05, 0.1) is 6.20 Å². The first-order chi connectivity index (χ1) is 9.46. The molecule has 2 aromatic rings. The highest BCUT2D eigenvalue weighted by molar-refractivity contribution is 5.91. The Kier molecular flexibility index (Phi) is 4.02. The number of amides is 1. The molecule has 2 rings (SSSR count). The number of aromatic nitrogens is 3. The molecule has 0 aliphatic heterocycles. The number of ether oxygens (including phenoxy) is 1. The van der Waals surface area contributed by atoms with Crippen molar-refractivity contribution in [2.45, 2.75) is 32.9 Å². The van der Waals surface area contributed by atoms with Gasteiger partial charge in [0.15, 0.2) is 5.69 Å². The smallest absolute Gasteiger partial charge is 0.273 e. The molecule has 1 heterocycles. The number of nitrogens with one attached hydrogen (secondary N) is 2. The van der Waals surface area contributed by atoms with Crippen molar-refractivity contribution < 1.29 is 9.53 Å². The molecule has 20 heavy (non-hydrogen) atoms. The summed E-state index contributed by atoms with van der Waals surface area (Å²) < 4.78 is 5.87. The van der Waals surface area contributed by atoms with E-state index in [1.54, 1.807) is 0 Å². The molecule has 6 heteroatoms. The molecule has 2 N–H and O–H groups in total. The van der Waals surface area contributed by atoms with Crippen LogP contribution in [0, 0.1) is 0 Å². The summed E-state index contributed by atoms with van der Waals surface area (Å²) in [5.41, 5.74) is 0.894. The summed E-state index contributed by atoms with van der Waals surface area (Å²) in [6.07, 6.45) is 1.38. The van der Waals surface area contributed by atoms with Crippen LogP contribution in [0.3, 0.4) is 0 Å². The second kappa shape index (κ2) is 5.73. The van der Waals surface area contributed by atoms with Gasteiger partial charge in [0.2, 0.25) is 0 Å². The highest BCUT2D eigenvalue weighted by atomic mass is 16.5. The maximum absolute atomic E-state index is 11.8. The maximum Gasteiger partial charge on any atom is 0.273 e. The monoisotopic (exact) mass is 274 g/mol. The number of benzene rings is 1. The molecule has 0 atom stereocenters. The van der Waals surface area contributed by atoms with Crippen molar-refractivity contribution in [2.24, 2.45) is 0 Å². The second-order valence-corrected chi connectivity index (χ2v) is 5.36. The molecule has 0 aliphatic carbocycles. The van der Waals surface area contributed by atoms with E-state index in [0.29, 0.717) is 6.54 Å². The third kappa shape index (κ3) is 3.81. The minimum Gasteiger partial charge on any atom is -0.488 e. The van der Waals surface area contributed by atoms with Crippen molar-refractivity contribution in [3.05, 3.63) is 41.7 Å². The first-order valence-electron chi connectivity index (χ1n) is 6.36. The van der Waals surface area contributed by atoms with E-state index in [-0.39, 0.29) is 17.2 Å². The quantitative estimate of drug-likeness (QED) is 0.892. The Morgan fingerprint density at radius 1 is 1.35 bits per heavy atom. The number of nitrogens with zero attached hydrogens (tertiary/aromatic N) is 2. The van der Waals surface area contributed by atoms with E-state index in [1.165, 1.54) is 6.20 Å². The molecule has 0 aliphatic rings. The van der Waals surface area contributed by atoms with Crippen molar-refractivity contribution in [3.63, 3.8) is 0 Å². The number of aromatic amines is 1. The largest absolute Gasteiger partial charge is 0.488 e.